The zero-order chi connectivity index (χ0) is 11.6. The highest BCUT2D eigenvalue weighted by molar-refractivity contribution is 6.32. The fourth-order valence-electron chi connectivity index (χ4n) is 1.06. The fraction of sp³-hybridized carbons (Fsp3) is 0.333. The normalized spacial score (nSPS) is 13.7. The van der Waals surface area contributed by atoms with Gasteiger partial charge in [0, 0.05) is 0 Å². The predicted molar refractivity (Wildman–Crippen MR) is 51.0 cm³/mol. The third-order valence-electron chi connectivity index (χ3n) is 1.89. The third kappa shape index (κ3) is 2.76. The Labute approximate surface area is 89.8 Å². The van der Waals surface area contributed by atoms with Gasteiger partial charge in [0.25, 0.3) is 0 Å². The zero-order valence-electron chi connectivity index (χ0n) is 7.81. The molecule has 0 saturated heterocycles. The first-order valence-electron chi connectivity index (χ1n) is 4.02. The number of hydrogen-bond acceptors (Lipinski definition) is 2. The van der Waals surface area contributed by atoms with Crippen molar-refractivity contribution in [3.63, 3.8) is 0 Å². The molecule has 15 heavy (non-hydrogen) atoms. The summed E-state index contributed by atoms with van der Waals surface area (Å²) in [6.45, 7) is 0. The van der Waals surface area contributed by atoms with Crippen molar-refractivity contribution in [2.24, 2.45) is 5.73 Å². The average molecular weight is 240 g/mol. The molecule has 84 valence electrons. The highest BCUT2D eigenvalue weighted by Gasteiger charge is 2.38. The van der Waals surface area contributed by atoms with Gasteiger partial charge in [0.15, 0.2) is 0 Å². The number of nitrogens with two attached hydrogens (primary N) is 1. The van der Waals surface area contributed by atoms with E-state index in [-0.39, 0.29) is 16.3 Å². The number of alkyl halides is 3. The molecule has 1 aromatic carbocycles. The lowest BCUT2D eigenvalue weighted by atomic mass is 10.1. The van der Waals surface area contributed by atoms with Crippen molar-refractivity contribution in [1.29, 1.82) is 0 Å². The highest BCUT2D eigenvalue weighted by Crippen LogP contribution is 2.34. The molecular weight excluding hydrogens is 231 g/mol. The van der Waals surface area contributed by atoms with Crippen LogP contribution in [0.2, 0.25) is 5.02 Å². The molecule has 0 fully saturated rings. The number of rotatable bonds is 2. The van der Waals surface area contributed by atoms with Crippen molar-refractivity contribution in [2.75, 3.05) is 7.11 Å². The van der Waals surface area contributed by atoms with Crippen molar-refractivity contribution < 1.29 is 17.9 Å². The smallest absolute Gasteiger partial charge is 0.407 e. The minimum absolute atomic E-state index is 0.0799. The number of methoxy groups -OCH3 is 1. The molecule has 0 bridgehead atoms. The van der Waals surface area contributed by atoms with E-state index in [1.54, 1.807) is 0 Å². The Morgan fingerprint density at radius 2 is 2.00 bits per heavy atom. The molecule has 1 aromatic rings. The maximum absolute atomic E-state index is 12.3. The van der Waals surface area contributed by atoms with Gasteiger partial charge in [-0.1, -0.05) is 17.7 Å². The molecule has 1 atom stereocenters. The minimum atomic E-state index is -4.47. The van der Waals surface area contributed by atoms with E-state index in [9.17, 15) is 13.2 Å². The summed E-state index contributed by atoms with van der Waals surface area (Å²) in [6.07, 6.45) is -4.47. The van der Waals surface area contributed by atoms with E-state index in [2.05, 4.69) is 0 Å². The van der Waals surface area contributed by atoms with E-state index < -0.39 is 12.2 Å². The zero-order valence-corrected chi connectivity index (χ0v) is 8.56. The molecular formula is C9H9ClF3NO. The second kappa shape index (κ2) is 4.28. The summed E-state index contributed by atoms with van der Waals surface area (Å²) in [4.78, 5) is 0. The molecule has 0 saturated carbocycles. The van der Waals surface area contributed by atoms with E-state index in [0.29, 0.717) is 0 Å². The van der Waals surface area contributed by atoms with Gasteiger partial charge in [-0.15, -0.1) is 0 Å². The van der Waals surface area contributed by atoms with Crippen molar-refractivity contribution >= 4 is 11.6 Å². The van der Waals surface area contributed by atoms with Gasteiger partial charge in [0.2, 0.25) is 0 Å². The lowest BCUT2D eigenvalue weighted by Gasteiger charge is -2.16. The SMILES string of the molecule is COc1cc(C(N)C(F)(F)F)ccc1Cl. The van der Waals surface area contributed by atoms with Crippen LogP contribution in [0.25, 0.3) is 0 Å². The first-order valence-corrected chi connectivity index (χ1v) is 4.39. The van der Waals surface area contributed by atoms with Crippen molar-refractivity contribution in [2.45, 2.75) is 12.2 Å². The fourth-order valence-corrected chi connectivity index (χ4v) is 1.25. The minimum Gasteiger partial charge on any atom is -0.495 e. The monoisotopic (exact) mass is 239 g/mol. The summed E-state index contributed by atoms with van der Waals surface area (Å²) in [6, 6.07) is 1.70. The molecule has 0 aliphatic carbocycles. The third-order valence-corrected chi connectivity index (χ3v) is 2.20. The van der Waals surface area contributed by atoms with Gasteiger partial charge in [-0.2, -0.15) is 13.2 Å². The van der Waals surface area contributed by atoms with Gasteiger partial charge in [0.1, 0.15) is 11.8 Å². The highest BCUT2D eigenvalue weighted by atomic mass is 35.5. The van der Waals surface area contributed by atoms with Gasteiger partial charge in [-0.25, -0.2) is 0 Å². The summed E-state index contributed by atoms with van der Waals surface area (Å²) in [7, 11) is 1.32. The molecule has 6 heteroatoms. The van der Waals surface area contributed by atoms with Crippen molar-refractivity contribution in [1.82, 2.24) is 0 Å². The standard InChI is InChI=1S/C9H9ClF3NO/c1-15-7-4-5(2-3-6(7)10)8(14)9(11,12)13/h2-4,8H,14H2,1H3. The van der Waals surface area contributed by atoms with Crippen LogP contribution in [-0.2, 0) is 0 Å². The van der Waals surface area contributed by atoms with Crippen LogP contribution in [0, 0.1) is 0 Å². The molecule has 0 amide bonds. The summed E-state index contributed by atoms with van der Waals surface area (Å²) >= 11 is 5.67. The maximum atomic E-state index is 12.3. The molecule has 1 rings (SSSR count). The van der Waals surface area contributed by atoms with Crippen molar-refractivity contribution in [3.8, 4) is 5.75 Å². The van der Waals surface area contributed by atoms with E-state index in [4.69, 9.17) is 22.1 Å². The predicted octanol–water partition coefficient (Wildman–Crippen LogP) is 2.91. The average Bonchev–Trinajstić information content (AvgIpc) is 2.16. The number of halogens is 4. The molecule has 0 aliphatic heterocycles. The molecule has 0 spiro atoms. The lowest BCUT2D eigenvalue weighted by Crippen LogP contribution is -2.28. The molecule has 0 heterocycles. The molecule has 1 unspecified atom stereocenters. The summed E-state index contributed by atoms with van der Waals surface area (Å²) in [5, 5.41) is 0.246. The molecule has 2 N–H and O–H groups in total. The van der Waals surface area contributed by atoms with Gasteiger partial charge in [-0.3, -0.25) is 0 Å². The van der Waals surface area contributed by atoms with E-state index in [0.717, 1.165) is 0 Å². The molecule has 2 nitrogen and oxygen atoms in total. The van der Waals surface area contributed by atoms with Crippen molar-refractivity contribution in [3.05, 3.63) is 28.8 Å². The Kier molecular flexibility index (Phi) is 3.46. The second-order valence-electron chi connectivity index (χ2n) is 2.91. The van der Waals surface area contributed by atoms with E-state index >= 15 is 0 Å². The molecule has 0 aliphatic rings. The largest absolute Gasteiger partial charge is 0.495 e. The van der Waals surface area contributed by atoms with E-state index in [1.165, 1.54) is 25.3 Å². The van der Waals surface area contributed by atoms with Gasteiger partial charge in [-0.05, 0) is 17.7 Å². The first-order chi connectivity index (χ1) is 6.86. The van der Waals surface area contributed by atoms with Crippen LogP contribution in [0.5, 0.6) is 5.75 Å². The summed E-state index contributed by atoms with van der Waals surface area (Å²) < 4.78 is 41.6. The summed E-state index contributed by atoms with van der Waals surface area (Å²) in [5.41, 5.74) is 4.94. The van der Waals surface area contributed by atoms with Crippen LogP contribution in [-0.4, -0.2) is 13.3 Å². The van der Waals surface area contributed by atoms with Crippen LogP contribution < -0.4 is 10.5 Å². The summed E-state index contributed by atoms with van der Waals surface area (Å²) in [5.74, 6) is 0.175. The maximum Gasteiger partial charge on any atom is 0.407 e. The lowest BCUT2D eigenvalue weighted by molar-refractivity contribution is -0.149. The first kappa shape index (κ1) is 12.1. The van der Waals surface area contributed by atoms with Crippen LogP contribution in [0.3, 0.4) is 0 Å². The number of ether oxygens (including phenoxy) is 1. The quantitative estimate of drug-likeness (QED) is 0.861. The van der Waals surface area contributed by atoms with E-state index in [1.807, 2.05) is 0 Å². The molecule has 0 aromatic heterocycles. The molecule has 0 radical (unpaired) electrons. The Hall–Kier alpha value is -0.940. The van der Waals surface area contributed by atoms with Gasteiger partial charge < -0.3 is 10.5 Å². The van der Waals surface area contributed by atoms with Crippen LogP contribution in [0.15, 0.2) is 18.2 Å². The topological polar surface area (TPSA) is 35.2 Å². The Bertz CT molecular complexity index is 354. The van der Waals surface area contributed by atoms with Crippen LogP contribution >= 0.6 is 11.6 Å². The van der Waals surface area contributed by atoms with Crippen LogP contribution in [0.1, 0.15) is 11.6 Å². The Balaban J connectivity index is 3.06. The van der Waals surface area contributed by atoms with Gasteiger partial charge in [0.05, 0.1) is 12.1 Å². The number of benzene rings is 1. The second-order valence-corrected chi connectivity index (χ2v) is 3.32. The Morgan fingerprint density at radius 3 is 2.47 bits per heavy atom. The van der Waals surface area contributed by atoms with Gasteiger partial charge >= 0.3 is 6.18 Å². The Morgan fingerprint density at radius 1 is 1.40 bits per heavy atom. The van der Waals surface area contributed by atoms with Crippen LogP contribution in [0.4, 0.5) is 13.2 Å². The number of hydrogen-bond donors (Lipinski definition) is 1.